The monoisotopic (exact) mass is 165 g/mol. The number of nitrogens with one attached hydrogen (secondary N) is 1. The molecule has 0 aliphatic heterocycles. The minimum Gasteiger partial charge on any atom is -0.320 e. The third-order valence-corrected chi connectivity index (χ3v) is 1.92. The molecular weight excluding hydrogens is 150 g/mol. The van der Waals surface area contributed by atoms with Crippen molar-refractivity contribution >= 4 is 0 Å². The molecule has 0 aromatic carbocycles. The molecule has 0 radical (unpaired) electrons. The quantitative estimate of drug-likeness (QED) is 0.728. The topological polar surface area (TPSA) is 37.8 Å². The maximum Gasteiger partial charge on any atom is 0.0615 e. The molecule has 1 rings (SSSR count). The number of nitrogens with zero attached hydrogens (tertiary/aromatic N) is 2. The molecule has 0 aliphatic carbocycles. The second-order valence-corrected chi connectivity index (χ2v) is 2.92. The highest BCUT2D eigenvalue weighted by atomic mass is 14.8. The molecule has 1 atom stereocenters. The van der Waals surface area contributed by atoms with Crippen LogP contribution in [0.2, 0.25) is 0 Å². The Bertz CT molecular complexity index is 210. The molecule has 0 saturated carbocycles. The highest BCUT2D eigenvalue weighted by Gasteiger charge is 2.04. The summed E-state index contributed by atoms with van der Waals surface area (Å²) >= 11 is 0. The number of hydrogen-bond donors (Lipinski definition) is 1. The summed E-state index contributed by atoms with van der Waals surface area (Å²) in [5.74, 6) is 0.492. The van der Waals surface area contributed by atoms with Crippen molar-refractivity contribution in [3.05, 3.63) is 24.3 Å². The molecule has 0 aliphatic rings. The first-order valence-electron chi connectivity index (χ1n) is 4.25. The second-order valence-electron chi connectivity index (χ2n) is 2.92. The Balaban J connectivity index is 2.48. The van der Waals surface area contributed by atoms with E-state index in [1.54, 1.807) is 12.4 Å². The number of hydrogen-bond acceptors (Lipinski definition) is 3. The van der Waals surface area contributed by atoms with Crippen LogP contribution in [0.4, 0.5) is 0 Å². The Hall–Kier alpha value is -0.960. The molecule has 3 heteroatoms. The highest BCUT2D eigenvalue weighted by Crippen LogP contribution is 2.13. The van der Waals surface area contributed by atoms with E-state index in [2.05, 4.69) is 22.2 Å². The third kappa shape index (κ3) is 2.58. The number of rotatable bonds is 4. The summed E-state index contributed by atoms with van der Waals surface area (Å²) in [6.07, 6.45) is 6.38. The van der Waals surface area contributed by atoms with Gasteiger partial charge in [0, 0.05) is 24.5 Å². The van der Waals surface area contributed by atoms with Crippen molar-refractivity contribution in [2.45, 2.75) is 19.3 Å². The van der Waals surface area contributed by atoms with Gasteiger partial charge in [-0.2, -0.15) is 0 Å². The van der Waals surface area contributed by atoms with E-state index in [-0.39, 0.29) is 0 Å². The van der Waals surface area contributed by atoms with Crippen molar-refractivity contribution in [1.82, 2.24) is 15.3 Å². The fraction of sp³-hybridized carbons (Fsp3) is 0.556. The molecule has 0 bridgehead atoms. The smallest absolute Gasteiger partial charge is 0.0615 e. The van der Waals surface area contributed by atoms with Gasteiger partial charge in [-0.05, 0) is 20.0 Å². The van der Waals surface area contributed by atoms with E-state index >= 15 is 0 Å². The summed E-state index contributed by atoms with van der Waals surface area (Å²) in [5.41, 5.74) is 1.08. The van der Waals surface area contributed by atoms with Crippen LogP contribution < -0.4 is 5.32 Å². The molecule has 0 saturated heterocycles. The molecule has 1 heterocycles. The number of aromatic nitrogens is 2. The minimum absolute atomic E-state index is 0.492. The molecular formula is C9H15N3. The molecule has 1 aromatic rings. The van der Waals surface area contributed by atoms with Gasteiger partial charge < -0.3 is 5.32 Å². The fourth-order valence-electron chi connectivity index (χ4n) is 1.07. The van der Waals surface area contributed by atoms with Gasteiger partial charge in [-0.25, -0.2) is 0 Å². The third-order valence-electron chi connectivity index (χ3n) is 1.92. The Morgan fingerprint density at radius 3 is 2.92 bits per heavy atom. The standard InChI is InChI=1S/C9H15N3/c1-8(3-4-10-2)9-7-11-5-6-12-9/h5-8,10H,3-4H2,1-2H3. The van der Waals surface area contributed by atoms with Gasteiger partial charge >= 0.3 is 0 Å². The van der Waals surface area contributed by atoms with E-state index in [4.69, 9.17) is 0 Å². The molecule has 0 amide bonds. The largest absolute Gasteiger partial charge is 0.320 e. The average molecular weight is 165 g/mol. The van der Waals surface area contributed by atoms with Crippen LogP contribution in [0.3, 0.4) is 0 Å². The van der Waals surface area contributed by atoms with E-state index in [9.17, 15) is 0 Å². The predicted molar refractivity (Wildman–Crippen MR) is 49.0 cm³/mol. The van der Waals surface area contributed by atoms with Crippen LogP contribution in [-0.2, 0) is 0 Å². The normalized spacial score (nSPS) is 12.8. The molecule has 12 heavy (non-hydrogen) atoms. The molecule has 0 spiro atoms. The van der Waals surface area contributed by atoms with Crippen LogP contribution in [0.15, 0.2) is 18.6 Å². The first kappa shape index (κ1) is 9.13. The van der Waals surface area contributed by atoms with Gasteiger partial charge in [0.2, 0.25) is 0 Å². The van der Waals surface area contributed by atoms with E-state index in [1.165, 1.54) is 0 Å². The van der Waals surface area contributed by atoms with Gasteiger partial charge in [-0.1, -0.05) is 6.92 Å². The van der Waals surface area contributed by atoms with Crippen LogP contribution >= 0.6 is 0 Å². The van der Waals surface area contributed by atoms with E-state index in [0.29, 0.717) is 5.92 Å². The molecule has 3 nitrogen and oxygen atoms in total. The first-order chi connectivity index (χ1) is 5.84. The van der Waals surface area contributed by atoms with E-state index in [1.807, 2.05) is 13.2 Å². The van der Waals surface area contributed by atoms with Gasteiger partial charge in [-0.3, -0.25) is 9.97 Å². The average Bonchev–Trinajstić information content (AvgIpc) is 2.15. The Kier molecular flexibility index (Phi) is 3.67. The summed E-state index contributed by atoms with van der Waals surface area (Å²) in [7, 11) is 1.96. The molecule has 1 N–H and O–H groups in total. The van der Waals surface area contributed by atoms with E-state index in [0.717, 1.165) is 18.7 Å². The van der Waals surface area contributed by atoms with Crippen LogP contribution in [0, 0.1) is 0 Å². The lowest BCUT2D eigenvalue weighted by molar-refractivity contribution is 0.621. The van der Waals surface area contributed by atoms with Gasteiger partial charge in [0.1, 0.15) is 0 Å². The van der Waals surface area contributed by atoms with Gasteiger partial charge in [0.05, 0.1) is 5.69 Å². The highest BCUT2D eigenvalue weighted by molar-refractivity contribution is 5.01. The Morgan fingerprint density at radius 2 is 2.33 bits per heavy atom. The summed E-state index contributed by atoms with van der Waals surface area (Å²) in [5, 5.41) is 3.12. The second kappa shape index (κ2) is 4.83. The summed E-state index contributed by atoms with van der Waals surface area (Å²) in [4.78, 5) is 8.27. The predicted octanol–water partition coefficient (Wildman–Crippen LogP) is 1.19. The van der Waals surface area contributed by atoms with Crippen molar-refractivity contribution in [2.75, 3.05) is 13.6 Å². The maximum atomic E-state index is 4.24. The summed E-state index contributed by atoms with van der Waals surface area (Å²) < 4.78 is 0. The Morgan fingerprint density at radius 1 is 1.50 bits per heavy atom. The summed E-state index contributed by atoms with van der Waals surface area (Å²) in [6.45, 7) is 3.19. The maximum absolute atomic E-state index is 4.24. The van der Waals surface area contributed by atoms with Crippen molar-refractivity contribution in [1.29, 1.82) is 0 Å². The van der Waals surface area contributed by atoms with Crippen LogP contribution in [0.1, 0.15) is 25.0 Å². The van der Waals surface area contributed by atoms with Crippen LogP contribution in [0.25, 0.3) is 0 Å². The van der Waals surface area contributed by atoms with Crippen molar-refractivity contribution in [2.24, 2.45) is 0 Å². The van der Waals surface area contributed by atoms with Crippen molar-refractivity contribution in [3.8, 4) is 0 Å². The van der Waals surface area contributed by atoms with Crippen molar-refractivity contribution < 1.29 is 0 Å². The zero-order chi connectivity index (χ0) is 8.81. The van der Waals surface area contributed by atoms with Crippen LogP contribution in [-0.4, -0.2) is 23.6 Å². The first-order valence-corrected chi connectivity index (χ1v) is 4.25. The van der Waals surface area contributed by atoms with E-state index < -0.39 is 0 Å². The van der Waals surface area contributed by atoms with Gasteiger partial charge in [0.15, 0.2) is 0 Å². The van der Waals surface area contributed by atoms with Crippen LogP contribution in [0.5, 0.6) is 0 Å². The molecule has 1 aromatic heterocycles. The Labute approximate surface area is 73.2 Å². The molecule has 66 valence electrons. The minimum atomic E-state index is 0.492. The SMILES string of the molecule is CNCCC(C)c1cnccn1. The van der Waals surface area contributed by atoms with Gasteiger partial charge in [-0.15, -0.1) is 0 Å². The lowest BCUT2D eigenvalue weighted by Crippen LogP contribution is -2.11. The zero-order valence-electron chi connectivity index (χ0n) is 7.62. The fourth-order valence-corrected chi connectivity index (χ4v) is 1.07. The summed E-state index contributed by atoms with van der Waals surface area (Å²) in [6, 6.07) is 0. The lowest BCUT2D eigenvalue weighted by Gasteiger charge is -2.08. The van der Waals surface area contributed by atoms with Gasteiger partial charge in [0.25, 0.3) is 0 Å². The molecule has 0 fully saturated rings. The van der Waals surface area contributed by atoms with Crippen molar-refractivity contribution in [3.63, 3.8) is 0 Å². The molecule has 1 unspecified atom stereocenters. The zero-order valence-corrected chi connectivity index (χ0v) is 7.62. The lowest BCUT2D eigenvalue weighted by atomic mass is 10.0.